The average Bonchev–Trinajstić information content (AvgIpc) is 3.95. The van der Waals surface area contributed by atoms with Gasteiger partial charge in [-0.15, -0.1) is 0 Å². The highest BCUT2D eigenvalue weighted by atomic mass is 16.5. The number of nitrogens with zero attached hydrogens (tertiary/aromatic N) is 2. The molecule has 0 N–H and O–H groups in total. The normalized spacial score (nSPS) is 13.8. The van der Waals surface area contributed by atoms with E-state index in [-0.39, 0.29) is 12.1 Å². The standard InChI is InChI=1S/C68H51BN2O4/c1-41-33-59-67-60(34-41)71(58-40-66-65(72-31-12-32-73-66)39-53(58)43-13-6-5-7-14-43)57-30-24-47(68(2,3)4)38-55(57)69(67)54-35-44(46-22-28-52-50-16-9-11-18-62(50)75-64(52)37-46)23-29-56(54)70(59)48-25-19-42(20-26-48)45-21-27-51-49-15-8-10-17-61(49)74-63(51)36-45/h5-11,13-30,33-40H,12,31-32H2,1-4H3. The Morgan fingerprint density at radius 3 is 1.63 bits per heavy atom. The van der Waals surface area contributed by atoms with Gasteiger partial charge in [0, 0.05) is 68.0 Å². The van der Waals surface area contributed by atoms with Crippen LogP contribution < -0.4 is 35.7 Å². The summed E-state index contributed by atoms with van der Waals surface area (Å²) in [6.45, 7) is 10.3. The Morgan fingerprint density at radius 1 is 0.413 bits per heavy atom. The number of hydrogen-bond acceptors (Lipinski definition) is 6. The Bertz CT molecular complexity index is 4300. The lowest BCUT2D eigenvalue weighted by Gasteiger charge is -2.45. The number of anilines is 6. The third-order valence-electron chi connectivity index (χ3n) is 15.8. The van der Waals surface area contributed by atoms with Gasteiger partial charge in [0.1, 0.15) is 22.3 Å². The van der Waals surface area contributed by atoms with Crippen LogP contribution in [0.2, 0.25) is 0 Å². The van der Waals surface area contributed by atoms with Crippen LogP contribution in [0.4, 0.5) is 34.1 Å². The van der Waals surface area contributed by atoms with Crippen molar-refractivity contribution in [1.29, 1.82) is 0 Å². The van der Waals surface area contributed by atoms with Gasteiger partial charge in [-0.05, 0) is 147 Å². The fourth-order valence-corrected chi connectivity index (χ4v) is 12.2. The lowest BCUT2D eigenvalue weighted by Crippen LogP contribution is -2.61. The SMILES string of the molecule is Cc1cc2c3c(c1)N(c1cc4c(cc1-c1ccccc1)OCCCO4)c1ccc(C(C)(C)C)cc1B3c1cc(-c3ccc4c(c3)oc3ccccc34)ccc1N2c1ccc(-c2ccc3c(c2)oc2ccccc23)cc1. The van der Waals surface area contributed by atoms with Gasteiger partial charge in [-0.3, -0.25) is 0 Å². The molecule has 5 heterocycles. The molecule has 0 radical (unpaired) electrons. The predicted octanol–water partition coefficient (Wildman–Crippen LogP) is 16.3. The van der Waals surface area contributed by atoms with Crippen molar-refractivity contribution in [1.82, 2.24) is 0 Å². The minimum Gasteiger partial charge on any atom is -0.490 e. The van der Waals surface area contributed by atoms with Gasteiger partial charge in [0.2, 0.25) is 0 Å². The maximum Gasteiger partial charge on any atom is 0.252 e. The third kappa shape index (κ3) is 6.94. The zero-order chi connectivity index (χ0) is 50.1. The molecule has 3 aliphatic rings. The summed E-state index contributed by atoms with van der Waals surface area (Å²) in [5.41, 5.74) is 23.0. The van der Waals surface area contributed by atoms with Crippen LogP contribution in [0.15, 0.2) is 209 Å². The van der Waals surface area contributed by atoms with Crippen molar-refractivity contribution in [2.24, 2.45) is 0 Å². The molecule has 360 valence electrons. The molecule has 0 unspecified atom stereocenters. The molecule has 0 saturated heterocycles. The molecule has 3 aliphatic heterocycles. The number of rotatable bonds is 5. The molecule has 0 aliphatic carbocycles. The number of ether oxygens (including phenoxy) is 2. The van der Waals surface area contributed by atoms with Gasteiger partial charge in [0.05, 0.1) is 18.9 Å². The zero-order valence-electron chi connectivity index (χ0n) is 42.3. The van der Waals surface area contributed by atoms with E-state index < -0.39 is 0 Å². The second kappa shape index (κ2) is 16.5. The number of furan rings is 2. The minimum absolute atomic E-state index is 0.106. The van der Waals surface area contributed by atoms with Crippen molar-refractivity contribution >= 4 is 101 Å². The van der Waals surface area contributed by atoms with E-state index in [4.69, 9.17) is 18.3 Å². The molecule has 0 fully saturated rings. The van der Waals surface area contributed by atoms with Crippen LogP contribution in [-0.2, 0) is 5.41 Å². The smallest absolute Gasteiger partial charge is 0.252 e. The summed E-state index contributed by atoms with van der Waals surface area (Å²) in [6, 6.07) is 73.1. The average molecular weight is 971 g/mol. The maximum absolute atomic E-state index is 6.54. The molecular formula is C68H51BN2O4. The molecule has 12 aromatic rings. The molecule has 2 aromatic heterocycles. The van der Waals surface area contributed by atoms with Crippen molar-refractivity contribution in [3.8, 4) is 44.9 Å². The molecule has 75 heavy (non-hydrogen) atoms. The summed E-state index contributed by atoms with van der Waals surface area (Å²) in [5, 5.41) is 4.50. The second-order valence-corrected chi connectivity index (χ2v) is 21.5. The zero-order valence-corrected chi connectivity index (χ0v) is 42.3. The Kier molecular flexibility index (Phi) is 9.62. The first-order chi connectivity index (χ1) is 36.7. The predicted molar refractivity (Wildman–Crippen MR) is 310 cm³/mol. The molecule has 7 heteroatoms. The van der Waals surface area contributed by atoms with Gasteiger partial charge in [-0.1, -0.05) is 136 Å². The largest absolute Gasteiger partial charge is 0.490 e. The lowest BCUT2D eigenvalue weighted by molar-refractivity contribution is 0.297. The summed E-state index contributed by atoms with van der Waals surface area (Å²) in [5.74, 6) is 1.53. The number of fused-ring (bicyclic) bond motifs is 11. The fourth-order valence-electron chi connectivity index (χ4n) is 12.2. The highest BCUT2D eigenvalue weighted by Gasteiger charge is 2.44. The Morgan fingerprint density at radius 2 is 0.947 bits per heavy atom. The number of aryl methyl sites for hydroxylation is 1. The van der Waals surface area contributed by atoms with E-state index in [9.17, 15) is 0 Å². The molecule has 0 atom stereocenters. The lowest BCUT2D eigenvalue weighted by atomic mass is 9.33. The third-order valence-corrected chi connectivity index (χ3v) is 15.8. The van der Waals surface area contributed by atoms with Crippen LogP contribution in [0.3, 0.4) is 0 Å². The van der Waals surface area contributed by atoms with Crippen LogP contribution in [0.25, 0.3) is 77.3 Å². The highest BCUT2D eigenvalue weighted by molar-refractivity contribution is 7.00. The van der Waals surface area contributed by atoms with E-state index in [1.807, 2.05) is 18.2 Å². The Labute approximate surface area is 436 Å². The van der Waals surface area contributed by atoms with Gasteiger partial charge in [-0.2, -0.15) is 0 Å². The highest BCUT2D eigenvalue weighted by Crippen LogP contribution is 2.51. The number of hydrogen-bond donors (Lipinski definition) is 0. The van der Waals surface area contributed by atoms with Crippen molar-refractivity contribution in [2.75, 3.05) is 23.0 Å². The van der Waals surface area contributed by atoms with Gasteiger partial charge >= 0.3 is 0 Å². The van der Waals surface area contributed by atoms with E-state index in [1.54, 1.807) is 0 Å². The van der Waals surface area contributed by atoms with Crippen LogP contribution in [0.5, 0.6) is 11.5 Å². The monoisotopic (exact) mass is 970 g/mol. The van der Waals surface area contributed by atoms with Crippen LogP contribution in [0.1, 0.15) is 38.3 Å². The maximum atomic E-state index is 6.54. The summed E-state index contributed by atoms with van der Waals surface area (Å²) in [7, 11) is 0. The summed E-state index contributed by atoms with van der Waals surface area (Å²) in [4.78, 5) is 5.01. The minimum atomic E-state index is -0.110. The molecule has 0 amide bonds. The molecule has 15 rings (SSSR count). The first kappa shape index (κ1) is 43.6. The van der Waals surface area contributed by atoms with Gasteiger partial charge in [0.15, 0.2) is 11.5 Å². The molecule has 6 nitrogen and oxygen atoms in total. The van der Waals surface area contributed by atoms with E-state index in [2.05, 4.69) is 219 Å². The van der Waals surface area contributed by atoms with Crippen molar-refractivity contribution in [3.63, 3.8) is 0 Å². The van der Waals surface area contributed by atoms with Gasteiger partial charge in [0.25, 0.3) is 6.71 Å². The Balaban J connectivity index is 0.971. The summed E-state index contributed by atoms with van der Waals surface area (Å²) in [6.07, 6.45) is 0.820. The van der Waals surface area contributed by atoms with Crippen molar-refractivity contribution in [2.45, 2.75) is 39.5 Å². The Hall–Kier alpha value is -8.94. The van der Waals surface area contributed by atoms with Gasteiger partial charge in [-0.25, -0.2) is 0 Å². The van der Waals surface area contributed by atoms with Crippen molar-refractivity contribution in [3.05, 3.63) is 211 Å². The number of benzene rings is 10. The van der Waals surface area contributed by atoms with Crippen LogP contribution in [0, 0.1) is 6.92 Å². The molecule has 0 saturated carbocycles. The topological polar surface area (TPSA) is 51.2 Å². The second-order valence-electron chi connectivity index (χ2n) is 21.5. The quantitative estimate of drug-likeness (QED) is 0.160. The summed E-state index contributed by atoms with van der Waals surface area (Å²) >= 11 is 0. The first-order valence-electron chi connectivity index (χ1n) is 26.2. The number of para-hydroxylation sites is 2. The van der Waals surface area contributed by atoms with Crippen LogP contribution >= 0.6 is 0 Å². The molecule has 0 spiro atoms. The summed E-state index contributed by atoms with van der Waals surface area (Å²) < 4.78 is 25.8. The van der Waals surface area contributed by atoms with E-state index in [0.717, 1.165) is 135 Å². The molecule has 0 bridgehead atoms. The van der Waals surface area contributed by atoms with Gasteiger partial charge < -0.3 is 28.1 Å². The first-order valence-corrected chi connectivity index (χ1v) is 26.2. The molecule has 10 aromatic carbocycles. The van der Waals surface area contributed by atoms with E-state index in [1.165, 1.54) is 22.0 Å². The molecular weight excluding hydrogens is 920 g/mol. The fraction of sp³-hybridized carbons (Fsp3) is 0.118. The van der Waals surface area contributed by atoms with E-state index in [0.29, 0.717) is 13.2 Å². The van der Waals surface area contributed by atoms with Crippen LogP contribution in [-0.4, -0.2) is 19.9 Å². The van der Waals surface area contributed by atoms with E-state index >= 15 is 0 Å². The van der Waals surface area contributed by atoms with Crippen molar-refractivity contribution < 1.29 is 18.3 Å².